The molecule has 5 aliphatic rings. The Bertz CT molecular complexity index is 1790. The molecule has 0 atom stereocenters. The van der Waals surface area contributed by atoms with Crippen molar-refractivity contribution in [3.8, 4) is 11.5 Å². The molecule has 2 aromatic carbocycles. The van der Waals surface area contributed by atoms with Crippen LogP contribution in [0.3, 0.4) is 0 Å². The summed E-state index contributed by atoms with van der Waals surface area (Å²) in [5, 5.41) is 0. The standard InChI is InChI=1S/C40H46N2O14/c1-23(2)37(47)51-11-9-49-35-25(5)13-29-15-27(35)17-41-19-31(43)53-40(54-32(44)20-41)55-33(45)21-42(22-34(46)56-40)18-28-16-30(39(29,7)8)14-26(6)36(28)50-10-12-52-38(48)24(3)4/h13-16H,1,3,9-12,17-22H2,2,4-8H3. The van der Waals surface area contributed by atoms with Gasteiger partial charge >= 0.3 is 42.0 Å². The maximum atomic E-state index is 13.3. The summed E-state index contributed by atoms with van der Waals surface area (Å²) >= 11 is 0. The molecule has 16 heteroatoms. The Balaban J connectivity index is 1.61. The first-order chi connectivity index (χ1) is 26.4. The van der Waals surface area contributed by atoms with Crippen molar-refractivity contribution >= 4 is 35.8 Å². The predicted octanol–water partition coefficient (Wildman–Crippen LogP) is 3.05. The van der Waals surface area contributed by atoms with Crippen molar-refractivity contribution in [3.63, 3.8) is 0 Å². The number of rotatable bonds is 10. The molecular formula is C40H46N2O14. The Labute approximate surface area is 324 Å². The van der Waals surface area contributed by atoms with Gasteiger partial charge in [-0.1, -0.05) is 39.1 Å². The number of esters is 6. The predicted molar refractivity (Wildman–Crippen MR) is 195 cm³/mol. The fraction of sp³-hybridized carbons (Fsp3) is 0.450. The van der Waals surface area contributed by atoms with Crippen LogP contribution in [0, 0.1) is 13.8 Å². The van der Waals surface area contributed by atoms with Crippen molar-refractivity contribution in [2.45, 2.75) is 66.2 Å². The second kappa shape index (κ2) is 17.0. The van der Waals surface area contributed by atoms with Crippen molar-refractivity contribution in [2.24, 2.45) is 0 Å². The van der Waals surface area contributed by atoms with Crippen LogP contribution in [0.1, 0.15) is 61.1 Å². The van der Waals surface area contributed by atoms with Crippen LogP contribution >= 0.6 is 0 Å². The van der Waals surface area contributed by atoms with Gasteiger partial charge in [-0.05, 0) is 62.1 Å². The van der Waals surface area contributed by atoms with Gasteiger partial charge in [-0.25, -0.2) is 9.59 Å². The molecule has 0 aromatic heterocycles. The van der Waals surface area contributed by atoms with Gasteiger partial charge in [0.2, 0.25) is 0 Å². The number of hydrogen-bond acceptors (Lipinski definition) is 16. The first kappa shape index (κ1) is 41.4. The first-order valence-corrected chi connectivity index (χ1v) is 17.9. The Kier molecular flexibility index (Phi) is 12.5. The molecular weight excluding hydrogens is 732 g/mol. The van der Waals surface area contributed by atoms with Crippen LogP contribution in [0.15, 0.2) is 48.6 Å². The van der Waals surface area contributed by atoms with E-state index in [1.165, 1.54) is 23.6 Å². The molecule has 0 radical (unpaired) electrons. The SMILES string of the molecule is C=C(C)C(=O)OCCOc1c(C)cc2cc1CN1CC(=O)OC3(OC(=O)C1)OC(=O)CN(CC(=O)O3)Cc1cc(cc(C)c1OCCOC(=O)C(=C)C)C2(C)C. The molecule has 16 nitrogen and oxygen atoms in total. The van der Waals surface area contributed by atoms with Gasteiger partial charge in [0.15, 0.2) is 0 Å². The zero-order chi connectivity index (χ0) is 40.9. The molecule has 7 rings (SSSR count). The van der Waals surface area contributed by atoms with E-state index in [0.717, 1.165) is 22.3 Å². The quantitative estimate of drug-likeness (QED) is 0.148. The van der Waals surface area contributed by atoms with E-state index in [-0.39, 0.29) is 50.7 Å². The lowest BCUT2D eigenvalue weighted by molar-refractivity contribution is -0.435. The van der Waals surface area contributed by atoms with Crippen LogP contribution in [-0.4, -0.2) is 104 Å². The summed E-state index contributed by atoms with van der Waals surface area (Å²) in [5.41, 5.74) is 4.08. The summed E-state index contributed by atoms with van der Waals surface area (Å²) < 4.78 is 43.9. The second-order valence-corrected chi connectivity index (χ2v) is 14.4. The molecule has 0 saturated carbocycles. The topological polar surface area (TPSA) is 183 Å². The lowest BCUT2D eigenvalue weighted by Crippen LogP contribution is -2.56. The van der Waals surface area contributed by atoms with Crippen molar-refractivity contribution in [1.29, 1.82) is 0 Å². The van der Waals surface area contributed by atoms with Crippen LogP contribution in [0.2, 0.25) is 0 Å². The Morgan fingerprint density at radius 2 is 0.946 bits per heavy atom. The molecule has 2 fully saturated rings. The molecule has 7 bridgehead atoms. The van der Waals surface area contributed by atoms with E-state index in [0.29, 0.717) is 22.6 Å². The zero-order valence-electron chi connectivity index (χ0n) is 32.4. The third-order valence-corrected chi connectivity index (χ3v) is 9.12. The van der Waals surface area contributed by atoms with Crippen LogP contribution in [0.25, 0.3) is 0 Å². The molecule has 0 N–H and O–H groups in total. The van der Waals surface area contributed by atoms with Gasteiger partial charge in [-0.3, -0.25) is 29.0 Å². The largest absolute Gasteiger partial charge is 0.619 e. The lowest BCUT2D eigenvalue weighted by Gasteiger charge is -2.36. The Morgan fingerprint density at radius 1 is 0.607 bits per heavy atom. The maximum absolute atomic E-state index is 13.3. The lowest BCUT2D eigenvalue weighted by atomic mass is 9.76. The van der Waals surface area contributed by atoms with Crippen molar-refractivity contribution in [1.82, 2.24) is 9.80 Å². The highest BCUT2D eigenvalue weighted by atomic mass is 17.0. The highest BCUT2D eigenvalue weighted by Gasteiger charge is 2.52. The second-order valence-electron chi connectivity index (χ2n) is 14.4. The average Bonchev–Trinajstić information content (AvgIpc) is 3.07. The van der Waals surface area contributed by atoms with E-state index in [2.05, 4.69) is 13.2 Å². The molecule has 0 aliphatic carbocycles. The van der Waals surface area contributed by atoms with E-state index in [1.807, 2.05) is 52.0 Å². The number of aryl methyl sites for hydroxylation is 2. The van der Waals surface area contributed by atoms with Crippen molar-refractivity contribution in [3.05, 3.63) is 82.0 Å². The molecule has 5 heterocycles. The minimum absolute atomic E-state index is 0.00808. The van der Waals surface area contributed by atoms with E-state index >= 15 is 0 Å². The fourth-order valence-electron chi connectivity index (χ4n) is 6.39. The molecule has 1 spiro atoms. The van der Waals surface area contributed by atoms with E-state index in [4.69, 9.17) is 37.9 Å². The fourth-order valence-corrected chi connectivity index (χ4v) is 6.39. The van der Waals surface area contributed by atoms with Crippen molar-refractivity contribution in [2.75, 3.05) is 52.6 Å². The third kappa shape index (κ3) is 9.92. The summed E-state index contributed by atoms with van der Waals surface area (Å²) in [7, 11) is 0. The molecule has 2 aromatic rings. The minimum Gasteiger partial charge on any atom is -0.489 e. The van der Waals surface area contributed by atoms with Crippen molar-refractivity contribution < 1.29 is 66.7 Å². The summed E-state index contributed by atoms with van der Waals surface area (Å²) in [5.74, 6) is -4.31. The molecule has 2 saturated heterocycles. The zero-order valence-corrected chi connectivity index (χ0v) is 32.4. The van der Waals surface area contributed by atoms with Crippen LogP contribution in [0.4, 0.5) is 0 Å². The number of ether oxygens (including phenoxy) is 8. The van der Waals surface area contributed by atoms with Gasteiger partial charge in [0.1, 0.15) is 37.9 Å². The van der Waals surface area contributed by atoms with Gasteiger partial charge in [0, 0.05) is 40.8 Å². The van der Waals surface area contributed by atoms with Gasteiger partial charge in [-0.2, -0.15) is 0 Å². The van der Waals surface area contributed by atoms with E-state index in [9.17, 15) is 28.8 Å². The number of fused-ring (bicyclic) bond motifs is 4. The van der Waals surface area contributed by atoms with Gasteiger partial charge < -0.3 is 37.9 Å². The summed E-state index contributed by atoms with van der Waals surface area (Å²) in [6.45, 7) is 15.8. The molecule has 0 unspecified atom stereocenters. The highest BCUT2D eigenvalue weighted by Crippen LogP contribution is 2.40. The van der Waals surface area contributed by atoms with Gasteiger partial charge in [0.05, 0.1) is 26.2 Å². The molecule has 300 valence electrons. The Hall–Kier alpha value is -5.74. The molecule has 56 heavy (non-hydrogen) atoms. The summed E-state index contributed by atoms with van der Waals surface area (Å²) in [6.07, 6.45) is -3.06. The van der Waals surface area contributed by atoms with Crippen LogP contribution < -0.4 is 9.47 Å². The van der Waals surface area contributed by atoms with Gasteiger partial charge in [-0.15, -0.1) is 0 Å². The van der Waals surface area contributed by atoms with Crippen LogP contribution in [0.5, 0.6) is 11.5 Å². The summed E-state index contributed by atoms with van der Waals surface area (Å²) in [6, 6.07) is 7.76. The number of carbonyl (C=O) groups is 6. The van der Waals surface area contributed by atoms with Crippen LogP contribution in [-0.2, 0) is 75.7 Å². The first-order valence-electron chi connectivity index (χ1n) is 17.9. The highest BCUT2D eigenvalue weighted by molar-refractivity contribution is 5.87. The van der Waals surface area contributed by atoms with Gasteiger partial charge in [0.25, 0.3) is 0 Å². The third-order valence-electron chi connectivity index (χ3n) is 9.12. The maximum Gasteiger partial charge on any atom is 0.619 e. The Morgan fingerprint density at radius 3 is 1.27 bits per heavy atom. The molecule has 5 aliphatic heterocycles. The van der Waals surface area contributed by atoms with E-state index in [1.54, 1.807) is 0 Å². The minimum atomic E-state index is -3.06. The number of hydrogen-bond donors (Lipinski definition) is 0. The molecule has 0 amide bonds. The summed E-state index contributed by atoms with van der Waals surface area (Å²) in [4.78, 5) is 80.0. The number of nitrogens with zero attached hydrogens (tertiary/aromatic N) is 2. The smallest absolute Gasteiger partial charge is 0.489 e. The number of benzene rings is 2. The average molecular weight is 779 g/mol. The normalized spacial score (nSPS) is 21.8. The monoisotopic (exact) mass is 778 g/mol. The number of carbonyl (C=O) groups excluding carboxylic acids is 6. The van der Waals surface area contributed by atoms with E-state index < -0.39 is 73.6 Å².